The Morgan fingerprint density at radius 2 is 2.32 bits per heavy atom. The largest absolute Gasteiger partial charge is 0.354 e. The van der Waals surface area contributed by atoms with Crippen LogP contribution < -0.4 is 5.32 Å². The number of hydrogen-bond donors (Lipinski definition) is 1. The molecule has 0 unspecified atom stereocenters. The molecule has 0 radical (unpaired) electrons. The highest BCUT2D eigenvalue weighted by molar-refractivity contribution is 5.80. The SMILES string of the molecule is CC(C)NC(=O)[C@@H]1CCC[C@@]12CCN(Cc1cnn(C)c1)C2. The summed E-state index contributed by atoms with van der Waals surface area (Å²) in [5.74, 6) is 0.476. The number of likely N-dealkylation sites (tertiary alicyclic amines) is 1. The predicted octanol–water partition coefficient (Wildman–Crippen LogP) is 1.94. The van der Waals surface area contributed by atoms with Gasteiger partial charge in [-0.15, -0.1) is 0 Å². The molecule has 5 heteroatoms. The Bertz CT molecular complexity index is 539. The minimum absolute atomic E-state index is 0.203. The first kappa shape index (κ1) is 15.5. The van der Waals surface area contributed by atoms with Gasteiger partial charge in [-0.2, -0.15) is 5.10 Å². The highest BCUT2D eigenvalue weighted by Gasteiger charge is 2.50. The number of nitrogens with zero attached hydrogens (tertiary/aromatic N) is 3. The molecule has 1 aliphatic carbocycles. The van der Waals surface area contributed by atoms with Crippen LogP contribution in [0.5, 0.6) is 0 Å². The molecule has 0 bridgehead atoms. The van der Waals surface area contributed by atoms with Crippen molar-refractivity contribution in [2.75, 3.05) is 13.1 Å². The summed E-state index contributed by atoms with van der Waals surface area (Å²) in [6.07, 6.45) is 8.64. The fraction of sp³-hybridized carbons (Fsp3) is 0.765. The molecule has 0 aromatic carbocycles. The van der Waals surface area contributed by atoms with Crippen LogP contribution in [0.3, 0.4) is 0 Å². The summed E-state index contributed by atoms with van der Waals surface area (Å²) in [5, 5.41) is 7.38. The van der Waals surface area contributed by atoms with Crippen molar-refractivity contribution < 1.29 is 4.79 Å². The second-order valence-corrected chi connectivity index (χ2v) is 7.45. The average molecular weight is 304 g/mol. The molecule has 1 aromatic heterocycles. The standard InChI is InChI=1S/C17H28N4O/c1-13(2)19-16(22)15-5-4-6-17(15)7-8-21(12-17)11-14-9-18-20(3)10-14/h9-10,13,15H,4-8,11-12H2,1-3H3,(H,19,22)/t15-,17-/m0/s1. The molecule has 122 valence electrons. The monoisotopic (exact) mass is 304 g/mol. The van der Waals surface area contributed by atoms with Crippen molar-refractivity contribution in [1.82, 2.24) is 20.0 Å². The molecule has 1 aliphatic heterocycles. The van der Waals surface area contributed by atoms with Crippen molar-refractivity contribution in [2.24, 2.45) is 18.4 Å². The molecule has 2 atom stereocenters. The van der Waals surface area contributed by atoms with Crippen LogP contribution >= 0.6 is 0 Å². The molecular formula is C17H28N4O. The van der Waals surface area contributed by atoms with Crippen LogP contribution in [0.2, 0.25) is 0 Å². The molecule has 1 aromatic rings. The molecule has 1 spiro atoms. The van der Waals surface area contributed by atoms with E-state index in [2.05, 4.69) is 21.5 Å². The number of hydrogen-bond acceptors (Lipinski definition) is 3. The van der Waals surface area contributed by atoms with Gasteiger partial charge in [-0.25, -0.2) is 0 Å². The van der Waals surface area contributed by atoms with Gasteiger partial charge in [0.05, 0.1) is 6.20 Å². The third kappa shape index (κ3) is 3.05. The Morgan fingerprint density at radius 3 is 3.00 bits per heavy atom. The van der Waals surface area contributed by atoms with Gasteiger partial charge in [-0.3, -0.25) is 14.4 Å². The van der Waals surface area contributed by atoms with Gasteiger partial charge >= 0.3 is 0 Å². The van der Waals surface area contributed by atoms with Gasteiger partial charge in [0.1, 0.15) is 0 Å². The van der Waals surface area contributed by atoms with Crippen molar-refractivity contribution in [2.45, 2.75) is 52.1 Å². The lowest BCUT2D eigenvalue weighted by atomic mass is 9.76. The Labute approximate surface area is 133 Å². The molecular weight excluding hydrogens is 276 g/mol. The number of rotatable bonds is 4. The van der Waals surface area contributed by atoms with Gasteiger partial charge in [0, 0.05) is 43.9 Å². The number of nitrogens with one attached hydrogen (secondary N) is 1. The molecule has 1 saturated carbocycles. The van der Waals surface area contributed by atoms with E-state index in [0.717, 1.165) is 32.5 Å². The molecule has 2 heterocycles. The van der Waals surface area contributed by atoms with Crippen molar-refractivity contribution in [3.63, 3.8) is 0 Å². The van der Waals surface area contributed by atoms with Crippen LogP contribution in [-0.4, -0.2) is 39.7 Å². The number of carbonyl (C=O) groups is 1. The summed E-state index contributed by atoms with van der Waals surface area (Å²) < 4.78 is 1.86. The van der Waals surface area contributed by atoms with Crippen molar-refractivity contribution in [3.8, 4) is 0 Å². The maximum absolute atomic E-state index is 12.5. The first-order chi connectivity index (χ1) is 10.5. The fourth-order valence-corrected chi connectivity index (χ4v) is 4.35. The van der Waals surface area contributed by atoms with Gasteiger partial charge in [-0.1, -0.05) is 6.42 Å². The second kappa shape index (κ2) is 6.03. The van der Waals surface area contributed by atoms with E-state index in [1.807, 2.05) is 31.8 Å². The number of amides is 1. The quantitative estimate of drug-likeness (QED) is 0.925. The van der Waals surface area contributed by atoms with Crippen LogP contribution in [0.15, 0.2) is 12.4 Å². The van der Waals surface area contributed by atoms with E-state index in [1.165, 1.54) is 18.4 Å². The van der Waals surface area contributed by atoms with Crippen LogP contribution in [0.4, 0.5) is 0 Å². The third-order valence-electron chi connectivity index (χ3n) is 5.28. The summed E-state index contributed by atoms with van der Waals surface area (Å²) >= 11 is 0. The molecule has 22 heavy (non-hydrogen) atoms. The summed E-state index contributed by atoms with van der Waals surface area (Å²) in [5.41, 5.74) is 1.47. The first-order valence-corrected chi connectivity index (χ1v) is 8.49. The van der Waals surface area contributed by atoms with Crippen molar-refractivity contribution in [3.05, 3.63) is 18.0 Å². The second-order valence-electron chi connectivity index (χ2n) is 7.45. The first-order valence-electron chi connectivity index (χ1n) is 8.49. The lowest BCUT2D eigenvalue weighted by molar-refractivity contribution is -0.128. The molecule has 5 nitrogen and oxygen atoms in total. The molecule has 1 saturated heterocycles. The zero-order chi connectivity index (χ0) is 15.7. The lowest BCUT2D eigenvalue weighted by Crippen LogP contribution is -2.42. The molecule has 1 N–H and O–H groups in total. The lowest BCUT2D eigenvalue weighted by Gasteiger charge is -2.31. The highest BCUT2D eigenvalue weighted by Crippen LogP contribution is 2.50. The highest BCUT2D eigenvalue weighted by atomic mass is 16.2. The van der Waals surface area contributed by atoms with Crippen LogP contribution in [-0.2, 0) is 18.4 Å². The van der Waals surface area contributed by atoms with E-state index in [-0.39, 0.29) is 23.3 Å². The zero-order valence-corrected chi connectivity index (χ0v) is 14.0. The molecule has 2 aliphatic rings. The van der Waals surface area contributed by atoms with E-state index in [4.69, 9.17) is 0 Å². The van der Waals surface area contributed by atoms with Crippen molar-refractivity contribution in [1.29, 1.82) is 0 Å². The molecule has 2 fully saturated rings. The van der Waals surface area contributed by atoms with E-state index in [9.17, 15) is 4.79 Å². The van der Waals surface area contributed by atoms with E-state index in [1.54, 1.807) is 0 Å². The van der Waals surface area contributed by atoms with Crippen molar-refractivity contribution >= 4 is 5.91 Å². The summed E-state index contributed by atoms with van der Waals surface area (Å²) in [6.45, 7) is 7.19. The van der Waals surface area contributed by atoms with Gasteiger partial charge in [0.15, 0.2) is 0 Å². The Hall–Kier alpha value is -1.36. The van der Waals surface area contributed by atoms with E-state index < -0.39 is 0 Å². The Morgan fingerprint density at radius 1 is 1.50 bits per heavy atom. The Balaban J connectivity index is 1.65. The van der Waals surface area contributed by atoms with Gasteiger partial charge < -0.3 is 5.32 Å². The maximum atomic E-state index is 12.5. The van der Waals surface area contributed by atoms with Crippen LogP contribution in [0, 0.1) is 11.3 Å². The number of aryl methyl sites for hydroxylation is 1. The van der Waals surface area contributed by atoms with E-state index >= 15 is 0 Å². The predicted molar refractivity (Wildman–Crippen MR) is 86.2 cm³/mol. The van der Waals surface area contributed by atoms with Gasteiger partial charge in [-0.05, 0) is 45.1 Å². The molecule has 3 rings (SSSR count). The minimum Gasteiger partial charge on any atom is -0.354 e. The normalized spacial score (nSPS) is 28.8. The zero-order valence-electron chi connectivity index (χ0n) is 14.0. The number of carbonyl (C=O) groups excluding carboxylic acids is 1. The van der Waals surface area contributed by atoms with Gasteiger partial charge in [0.25, 0.3) is 0 Å². The fourth-order valence-electron chi connectivity index (χ4n) is 4.35. The summed E-state index contributed by atoms with van der Waals surface area (Å²) in [6, 6.07) is 0.234. The molecule has 1 amide bonds. The smallest absolute Gasteiger partial charge is 0.223 e. The minimum atomic E-state index is 0.203. The topological polar surface area (TPSA) is 50.2 Å². The summed E-state index contributed by atoms with van der Waals surface area (Å²) in [4.78, 5) is 15.0. The van der Waals surface area contributed by atoms with Crippen LogP contribution in [0.1, 0.15) is 45.1 Å². The Kier molecular flexibility index (Phi) is 4.26. The van der Waals surface area contributed by atoms with E-state index in [0.29, 0.717) is 0 Å². The number of aromatic nitrogens is 2. The van der Waals surface area contributed by atoms with Gasteiger partial charge in [0.2, 0.25) is 5.91 Å². The average Bonchev–Trinajstić information content (AvgIpc) is 3.13. The maximum Gasteiger partial charge on any atom is 0.223 e. The van der Waals surface area contributed by atoms with Crippen LogP contribution in [0.25, 0.3) is 0 Å². The summed E-state index contributed by atoms with van der Waals surface area (Å²) in [7, 11) is 1.96. The third-order valence-corrected chi connectivity index (χ3v) is 5.28.